The van der Waals surface area contributed by atoms with Crippen LogP contribution in [-0.2, 0) is 6.42 Å². The molecule has 14 heavy (non-hydrogen) atoms. The molecular weight excluding hydrogens is 236 g/mol. The van der Waals surface area contributed by atoms with Gasteiger partial charge in [-0.2, -0.15) is 0 Å². The Morgan fingerprint density at radius 1 is 1.21 bits per heavy atom. The first kappa shape index (κ1) is 11.5. The van der Waals surface area contributed by atoms with Crippen molar-refractivity contribution < 1.29 is 0 Å². The standard InChI is InChI=1S/C13H17Br/c1-3-4-11(2)5-6-12-7-9-13(14)10-8-12/h7-10H,2-6H2,1H3. The van der Waals surface area contributed by atoms with E-state index in [1.54, 1.807) is 0 Å². The lowest BCUT2D eigenvalue weighted by Gasteiger charge is -2.04. The molecule has 1 aromatic rings. The van der Waals surface area contributed by atoms with E-state index in [0.29, 0.717) is 0 Å². The van der Waals surface area contributed by atoms with Gasteiger partial charge in [-0.05, 0) is 37.0 Å². The zero-order valence-electron chi connectivity index (χ0n) is 8.72. The van der Waals surface area contributed by atoms with Crippen LogP contribution in [0.2, 0.25) is 0 Å². The second kappa shape index (κ2) is 6.02. The number of hydrogen-bond donors (Lipinski definition) is 0. The summed E-state index contributed by atoms with van der Waals surface area (Å²) in [5.74, 6) is 0. The van der Waals surface area contributed by atoms with E-state index in [1.165, 1.54) is 17.6 Å². The number of hydrogen-bond acceptors (Lipinski definition) is 0. The van der Waals surface area contributed by atoms with Gasteiger partial charge in [-0.25, -0.2) is 0 Å². The fourth-order valence-corrected chi connectivity index (χ4v) is 1.72. The molecule has 0 N–H and O–H groups in total. The van der Waals surface area contributed by atoms with E-state index < -0.39 is 0 Å². The number of rotatable bonds is 5. The maximum Gasteiger partial charge on any atom is 0.0175 e. The van der Waals surface area contributed by atoms with Gasteiger partial charge in [0.1, 0.15) is 0 Å². The predicted molar refractivity (Wildman–Crippen MR) is 66.5 cm³/mol. The van der Waals surface area contributed by atoms with Crippen molar-refractivity contribution in [2.24, 2.45) is 0 Å². The van der Waals surface area contributed by atoms with E-state index in [0.717, 1.165) is 23.7 Å². The molecule has 0 heterocycles. The highest BCUT2D eigenvalue weighted by Crippen LogP contribution is 2.15. The number of aryl methyl sites for hydroxylation is 1. The van der Waals surface area contributed by atoms with Crippen molar-refractivity contribution in [3.63, 3.8) is 0 Å². The SMILES string of the molecule is C=C(CCC)CCc1ccc(Br)cc1. The first-order chi connectivity index (χ1) is 6.72. The van der Waals surface area contributed by atoms with Crippen LogP contribution >= 0.6 is 15.9 Å². The molecule has 0 spiro atoms. The fraction of sp³-hybridized carbons (Fsp3) is 0.385. The summed E-state index contributed by atoms with van der Waals surface area (Å²) in [5.41, 5.74) is 2.76. The lowest BCUT2D eigenvalue weighted by molar-refractivity contribution is 0.822. The third-order valence-corrected chi connectivity index (χ3v) is 2.81. The quantitative estimate of drug-likeness (QED) is 0.665. The Labute approximate surface area is 95.2 Å². The summed E-state index contributed by atoms with van der Waals surface area (Å²) in [5, 5.41) is 0. The summed E-state index contributed by atoms with van der Waals surface area (Å²) in [6.07, 6.45) is 4.61. The number of benzene rings is 1. The van der Waals surface area contributed by atoms with Crippen LogP contribution in [0, 0.1) is 0 Å². The first-order valence-electron chi connectivity index (χ1n) is 5.13. The molecule has 0 saturated carbocycles. The van der Waals surface area contributed by atoms with Gasteiger partial charge in [0, 0.05) is 4.47 Å². The highest BCUT2D eigenvalue weighted by molar-refractivity contribution is 9.10. The molecule has 0 aliphatic carbocycles. The zero-order valence-corrected chi connectivity index (χ0v) is 10.3. The molecule has 0 nitrogen and oxygen atoms in total. The molecule has 0 fully saturated rings. The van der Waals surface area contributed by atoms with Crippen LogP contribution in [0.4, 0.5) is 0 Å². The molecule has 0 aliphatic heterocycles. The zero-order chi connectivity index (χ0) is 10.4. The van der Waals surface area contributed by atoms with Crippen LogP contribution in [0.3, 0.4) is 0 Å². The third kappa shape index (κ3) is 4.10. The van der Waals surface area contributed by atoms with E-state index in [-0.39, 0.29) is 0 Å². The largest absolute Gasteiger partial charge is 0.0999 e. The second-order valence-electron chi connectivity index (χ2n) is 3.63. The topological polar surface area (TPSA) is 0 Å². The van der Waals surface area contributed by atoms with Gasteiger partial charge in [-0.15, -0.1) is 0 Å². The van der Waals surface area contributed by atoms with Crippen LogP contribution in [-0.4, -0.2) is 0 Å². The van der Waals surface area contributed by atoms with Gasteiger partial charge >= 0.3 is 0 Å². The van der Waals surface area contributed by atoms with Gasteiger partial charge in [-0.3, -0.25) is 0 Å². The van der Waals surface area contributed by atoms with Gasteiger partial charge in [0.15, 0.2) is 0 Å². The molecular formula is C13H17Br. The lowest BCUT2D eigenvalue weighted by atomic mass is 10.0. The minimum atomic E-state index is 1.12. The molecule has 0 bridgehead atoms. The van der Waals surface area contributed by atoms with Gasteiger partial charge in [0.2, 0.25) is 0 Å². The fourth-order valence-electron chi connectivity index (χ4n) is 1.45. The highest BCUT2D eigenvalue weighted by Gasteiger charge is 1.96. The summed E-state index contributed by atoms with van der Waals surface area (Å²) in [4.78, 5) is 0. The monoisotopic (exact) mass is 252 g/mol. The Bertz CT molecular complexity index is 285. The third-order valence-electron chi connectivity index (χ3n) is 2.28. The van der Waals surface area contributed by atoms with Crippen molar-refractivity contribution in [2.45, 2.75) is 32.6 Å². The summed E-state index contributed by atoms with van der Waals surface area (Å²) in [7, 11) is 0. The molecule has 1 aromatic carbocycles. The van der Waals surface area contributed by atoms with Crippen molar-refractivity contribution in [2.75, 3.05) is 0 Å². The molecule has 0 atom stereocenters. The Balaban J connectivity index is 2.38. The van der Waals surface area contributed by atoms with Gasteiger partial charge in [-0.1, -0.05) is 53.6 Å². The lowest BCUT2D eigenvalue weighted by Crippen LogP contribution is -1.87. The van der Waals surface area contributed by atoms with Crippen molar-refractivity contribution >= 4 is 15.9 Å². The van der Waals surface area contributed by atoms with Crippen molar-refractivity contribution in [1.82, 2.24) is 0 Å². The molecule has 76 valence electrons. The summed E-state index contributed by atoms with van der Waals surface area (Å²) in [6, 6.07) is 8.53. The minimum Gasteiger partial charge on any atom is -0.0999 e. The average Bonchev–Trinajstić information content (AvgIpc) is 2.17. The van der Waals surface area contributed by atoms with Crippen molar-refractivity contribution in [1.29, 1.82) is 0 Å². The molecule has 0 aromatic heterocycles. The first-order valence-corrected chi connectivity index (χ1v) is 5.92. The normalized spacial score (nSPS) is 10.1. The van der Waals surface area contributed by atoms with Crippen LogP contribution in [0.15, 0.2) is 40.9 Å². The minimum absolute atomic E-state index is 1.12. The van der Waals surface area contributed by atoms with Crippen LogP contribution in [0.1, 0.15) is 31.7 Å². The smallest absolute Gasteiger partial charge is 0.0175 e. The van der Waals surface area contributed by atoms with E-state index in [2.05, 4.69) is 53.7 Å². The van der Waals surface area contributed by atoms with E-state index >= 15 is 0 Å². The van der Waals surface area contributed by atoms with Crippen molar-refractivity contribution in [3.8, 4) is 0 Å². The van der Waals surface area contributed by atoms with Gasteiger partial charge in [0.25, 0.3) is 0 Å². The summed E-state index contributed by atoms with van der Waals surface area (Å²) in [6.45, 7) is 6.27. The maximum atomic E-state index is 4.07. The average molecular weight is 253 g/mol. The maximum absolute atomic E-state index is 4.07. The molecule has 0 aliphatic rings. The second-order valence-corrected chi connectivity index (χ2v) is 4.54. The number of allylic oxidation sites excluding steroid dienone is 1. The molecule has 1 rings (SSSR count). The molecule has 0 unspecified atom stereocenters. The Morgan fingerprint density at radius 3 is 2.43 bits per heavy atom. The van der Waals surface area contributed by atoms with Crippen molar-refractivity contribution in [3.05, 3.63) is 46.5 Å². The van der Waals surface area contributed by atoms with Crippen LogP contribution in [0.25, 0.3) is 0 Å². The van der Waals surface area contributed by atoms with Crippen LogP contribution < -0.4 is 0 Å². The van der Waals surface area contributed by atoms with Crippen LogP contribution in [0.5, 0.6) is 0 Å². The Kier molecular flexibility index (Phi) is 4.95. The molecule has 0 radical (unpaired) electrons. The number of halogens is 1. The van der Waals surface area contributed by atoms with Gasteiger partial charge in [0.05, 0.1) is 0 Å². The van der Waals surface area contributed by atoms with E-state index in [9.17, 15) is 0 Å². The predicted octanol–water partition coefficient (Wildman–Crippen LogP) is 4.74. The van der Waals surface area contributed by atoms with E-state index in [1.807, 2.05) is 0 Å². The summed E-state index contributed by atoms with van der Waals surface area (Å²) < 4.78 is 1.15. The molecule has 0 amide bonds. The Morgan fingerprint density at radius 2 is 1.86 bits per heavy atom. The molecule has 1 heteroatoms. The van der Waals surface area contributed by atoms with E-state index in [4.69, 9.17) is 0 Å². The molecule has 0 saturated heterocycles. The van der Waals surface area contributed by atoms with Gasteiger partial charge < -0.3 is 0 Å². The highest BCUT2D eigenvalue weighted by atomic mass is 79.9. The summed E-state index contributed by atoms with van der Waals surface area (Å²) >= 11 is 3.43. The Hall–Kier alpha value is -0.560.